The molecule has 2 aliphatic carbocycles. The van der Waals surface area contributed by atoms with Crippen molar-refractivity contribution in [3.8, 4) is 73.2 Å². The van der Waals surface area contributed by atoms with Gasteiger partial charge in [-0.3, -0.25) is 0 Å². The Hall–Kier alpha value is -8.89. The molecule has 0 bridgehead atoms. The molecule has 1 spiro atoms. The maximum absolute atomic E-state index is 6.87. The van der Waals surface area contributed by atoms with Gasteiger partial charge in [-0.25, -0.2) is 0 Å². The van der Waals surface area contributed by atoms with Crippen molar-refractivity contribution in [2.75, 3.05) is 0 Å². The number of aryl methyl sites for hydroxylation is 1. The molecular formula is C68H42N4OPt-2. The molecule has 0 radical (unpaired) electrons. The second-order valence-corrected chi connectivity index (χ2v) is 20.3. The van der Waals surface area contributed by atoms with Crippen LogP contribution in [0.2, 0.25) is 0 Å². The Bertz CT molecular complexity index is 4400. The normalized spacial score (nSPS) is 12.9. The maximum atomic E-state index is 6.87. The van der Waals surface area contributed by atoms with Crippen molar-refractivity contribution in [3.05, 3.63) is 280 Å². The van der Waals surface area contributed by atoms with Crippen molar-refractivity contribution in [2.45, 2.75) is 12.3 Å². The van der Waals surface area contributed by atoms with Crippen molar-refractivity contribution < 1.29 is 24.1 Å². The first kappa shape index (κ1) is 42.8. The first-order valence-electron chi connectivity index (χ1n) is 24.9. The molecule has 15 rings (SSSR count). The minimum Gasteiger partial charge on any atom is -0.0619 e. The first-order chi connectivity index (χ1) is 36.5. The molecule has 0 amide bonds. The molecule has 2 aliphatic rings. The van der Waals surface area contributed by atoms with Crippen molar-refractivity contribution in [1.82, 2.24) is 18.7 Å². The third kappa shape index (κ3) is 6.20. The zero-order chi connectivity index (χ0) is 49.1. The van der Waals surface area contributed by atoms with E-state index in [1.165, 1.54) is 44.5 Å². The summed E-state index contributed by atoms with van der Waals surface area (Å²) in [5.41, 5.74) is 21.6. The van der Waals surface area contributed by atoms with Crippen LogP contribution in [-0.4, -0.2) is 18.7 Å². The second kappa shape index (κ2) is 16.6. The smallest absolute Gasteiger partial charge is 0.0619 e. The summed E-state index contributed by atoms with van der Waals surface area (Å²) in [7, 11) is 0. The summed E-state index contributed by atoms with van der Waals surface area (Å²) < 4.78 is 14.8. The predicted octanol–water partition coefficient (Wildman–Crippen LogP) is 16.4. The number of hydrogen-bond acceptors (Lipinski definition) is 2. The van der Waals surface area contributed by atoms with Gasteiger partial charge in [0, 0.05) is 6.20 Å². The van der Waals surface area contributed by atoms with E-state index in [0.29, 0.717) is 11.5 Å². The summed E-state index contributed by atoms with van der Waals surface area (Å²) in [6.07, 6.45) is 1.90. The topological polar surface area (TPSA) is 36.9 Å². The number of pyridine rings is 1. The van der Waals surface area contributed by atoms with E-state index < -0.39 is 5.41 Å². The molecular weight excluding hydrogens is 1080 g/mol. The monoisotopic (exact) mass is 1130 g/mol. The Balaban J connectivity index is 0.892. The number of benzene rings is 10. The minimum absolute atomic E-state index is 0.481. The van der Waals surface area contributed by atoms with Crippen LogP contribution in [0.15, 0.2) is 237 Å². The van der Waals surface area contributed by atoms with E-state index in [-0.39, 0.29) is 0 Å². The van der Waals surface area contributed by atoms with Gasteiger partial charge in [-0.05, 0) is 63.1 Å². The zero-order valence-corrected chi connectivity index (χ0v) is 42.3. The van der Waals surface area contributed by atoms with E-state index in [4.69, 9.17) is 9.72 Å². The molecule has 10 aromatic carbocycles. The van der Waals surface area contributed by atoms with E-state index in [1.54, 1.807) is 0 Å². The Morgan fingerprint density at radius 1 is 0.432 bits per heavy atom. The summed E-state index contributed by atoms with van der Waals surface area (Å²) in [6.45, 7) is 2.12. The summed E-state index contributed by atoms with van der Waals surface area (Å²) >= 11 is 2.49. The van der Waals surface area contributed by atoms with Gasteiger partial charge >= 0.3 is 294 Å². The molecule has 74 heavy (non-hydrogen) atoms. The van der Waals surface area contributed by atoms with E-state index >= 15 is 0 Å². The fourth-order valence-electron chi connectivity index (χ4n) is 12.2. The summed E-state index contributed by atoms with van der Waals surface area (Å²) in [5.74, 6) is 2.00. The van der Waals surface area contributed by atoms with Gasteiger partial charge in [0.05, 0.1) is 5.41 Å². The average molecular weight is 1130 g/mol. The summed E-state index contributed by atoms with van der Waals surface area (Å²) in [4.78, 5) is 5.03. The van der Waals surface area contributed by atoms with Gasteiger partial charge in [0.2, 0.25) is 0 Å². The van der Waals surface area contributed by atoms with Gasteiger partial charge in [-0.1, -0.05) is 72.8 Å². The molecule has 3 heterocycles. The van der Waals surface area contributed by atoms with Gasteiger partial charge in [0.25, 0.3) is 0 Å². The molecule has 0 aliphatic heterocycles. The van der Waals surface area contributed by atoms with Crippen LogP contribution in [0.25, 0.3) is 94.5 Å². The molecule has 0 atom stereocenters. The third-order valence-corrected chi connectivity index (χ3v) is 16.3. The molecule has 0 saturated carbocycles. The van der Waals surface area contributed by atoms with Crippen LogP contribution in [-0.2, 0) is 24.8 Å². The van der Waals surface area contributed by atoms with E-state index in [0.717, 1.165) is 81.7 Å². The van der Waals surface area contributed by atoms with Crippen molar-refractivity contribution >= 4 is 32.8 Å². The van der Waals surface area contributed by atoms with E-state index in [2.05, 4.69) is 264 Å². The average Bonchev–Trinajstić information content (AvgIpc) is 4.15. The van der Waals surface area contributed by atoms with Crippen LogP contribution >= 0.6 is 0 Å². The predicted molar refractivity (Wildman–Crippen MR) is 294 cm³/mol. The fourth-order valence-corrected chi connectivity index (χ4v) is 13.3. The number of fused-ring (bicyclic) bond motifs is 14. The summed E-state index contributed by atoms with van der Waals surface area (Å²) in [5, 5.41) is 2.21. The van der Waals surface area contributed by atoms with E-state index in [9.17, 15) is 0 Å². The fraction of sp³-hybridized carbons (Fsp3) is 0.0294. The number of hydrogen-bond donors (Lipinski definition) is 0. The van der Waals surface area contributed by atoms with Crippen LogP contribution in [0.3, 0.4) is 0 Å². The van der Waals surface area contributed by atoms with Crippen molar-refractivity contribution in [1.29, 1.82) is 0 Å². The minimum atomic E-state index is -0.481. The number of ether oxygens (including phenoxy) is 1. The van der Waals surface area contributed by atoms with Gasteiger partial charge in [0.1, 0.15) is 0 Å². The molecule has 352 valence electrons. The Labute approximate surface area is 438 Å². The number of nitrogens with zero attached hydrogens (tertiary/aromatic N) is 4. The van der Waals surface area contributed by atoms with Crippen LogP contribution in [0, 0.1) is 22.9 Å². The second-order valence-electron chi connectivity index (χ2n) is 19.3. The van der Waals surface area contributed by atoms with Gasteiger partial charge in [0.15, 0.2) is 0 Å². The van der Waals surface area contributed by atoms with Gasteiger partial charge in [-0.15, -0.1) is 0 Å². The molecule has 13 aromatic rings. The van der Waals surface area contributed by atoms with Crippen LogP contribution in [0.5, 0.6) is 11.5 Å². The Morgan fingerprint density at radius 2 is 0.986 bits per heavy atom. The first-order valence-corrected chi connectivity index (χ1v) is 26.1. The summed E-state index contributed by atoms with van der Waals surface area (Å²) in [6, 6.07) is 90.4. The molecule has 0 unspecified atom stereocenters. The van der Waals surface area contributed by atoms with Gasteiger partial charge < -0.3 is 0 Å². The van der Waals surface area contributed by atoms with Crippen LogP contribution < -0.4 is 4.74 Å². The Morgan fingerprint density at radius 3 is 1.64 bits per heavy atom. The number of aromatic nitrogens is 4. The molecule has 0 N–H and O–H groups in total. The van der Waals surface area contributed by atoms with Gasteiger partial charge in [-0.2, -0.15) is 0 Å². The zero-order valence-electron chi connectivity index (χ0n) is 40.0. The molecule has 6 heteroatoms. The number of rotatable bonds is 7. The molecule has 0 saturated heterocycles. The molecule has 5 nitrogen and oxygen atoms in total. The Kier molecular flexibility index (Phi) is 9.58. The number of para-hydroxylation sites is 3. The third-order valence-electron chi connectivity index (χ3n) is 15.2. The SMILES string of the molecule is Cc1ccnc(-n2c3[c-]c(Oc4[c-]c(-n5[c](=[Pt])n(-c6c(-c7ccccc7)cccc6-c6ccccc6)c6ccccc65)ccc4)ccc3c3cc4c(cc32)C2(c3ccccc3-c3ccccc32)c2ccccc2-4)c1. The standard InChI is InChI=1S/C68H42N4O.Pt/c1-44-36-37-69-66(38-44)72-64-40-49(34-35-55(64)57-41-56-54-26-10-13-31-60(54)68(61(56)42-65(57)72)58-29-11-8-24-52(58)53-25-9-12-30-59(53)68)73-48-23-16-22-47(39-48)70-43-71(63-33-15-14-32-62(63)70)67-50(45-18-4-2-5-19-45)27-17-28-51(67)46-20-6-3-7-21-46;/h2-38,41-42H,1H3;/q-2;. The van der Waals surface area contributed by atoms with Crippen molar-refractivity contribution in [2.24, 2.45) is 0 Å². The number of imidazole rings is 1. The molecule has 0 fully saturated rings. The van der Waals surface area contributed by atoms with Crippen LogP contribution in [0.4, 0.5) is 0 Å². The van der Waals surface area contributed by atoms with Crippen LogP contribution in [0.1, 0.15) is 27.8 Å². The van der Waals surface area contributed by atoms with Crippen molar-refractivity contribution in [3.63, 3.8) is 0 Å². The quantitative estimate of drug-likeness (QED) is 0.149. The van der Waals surface area contributed by atoms with E-state index in [1.807, 2.05) is 24.4 Å². The molecule has 3 aromatic heterocycles.